The van der Waals surface area contributed by atoms with E-state index in [2.05, 4.69) is 16.0 Å². The molecule has 3 amide bonds. The molecule has 0 radical (unpaired) electrons. The lowest BCUT2D eigenvalue weighted by Crippen LogP contribution is -2.42. The quantitative estimate of drug-likeness (QED) is 0.407. The molecule has 0 spiro atoms. The number of benzene rings is 2. The molecule has 190 valence electrons. The standard InChI is InChI=1S/C24H27ClF3N3O4/c1-22(2,3)35-21(33)29-14-7-9-19-15(11-14)18(12-23(4,5)34-19)31-20(32)30-17-8-6-13(25)10-16(17)24(26,27)28/h6-11,18H,12H2,1-5H3,(H,29,33)(H2,30,31,32)/t18-/m1/s1. The number of rotatable bonds is 3. The van der Waals surface area contributed by atoms with Gasteiger partial charge in [0.05, 0.1) is 17.3 Å². The fourth-order valence-electron chi connectivity index (χ4n) is 3.66. The van der Waals surface area contributed by atoms with Crippen LogP contribution in [-0.4, -0.2) is 23.3 Å². The second kappa shape index (κ2) is 9.49. The molecule has 11 heteroatoms. The van der Waals surface area contributed by atoms with Crippen molar-refractivity contribution in [3.8, 4) is 5.75 Å². The van der Waals surface area contributed by atoms with Crippen LogP contribution in [0.3, 0.4) is 0 Å². The second-order valence-corrected chi connectivity index (χ2v) is 10.2. The predicted octanol–water partition coefficient (Wildman–Crippen LogP) is 7.13. The molecule has 1 aliphatic rings. The molecule has 3 N–H and O–H groups in total. The molecule has 1 atom stereocenters. The number of hydrogen-bond donors (Lipinski definition) is 3. The van der Waals surface area contributed by atoms with Crippen LogP contribution >= 0.6 is 11.6 Å². The highest BCUT2D eigenvalue weighted by molar-refractivity contribution is 6.30. The van der Waals surface area contributed by atoms with Crippen LogP contribution in [0.4, 0.5) is 34.1 Å². The van der Waals surface area contributed by atoms with Crippen LogP contribution in [0.25, 0.3) is 0 Å². The van der Waals surface area contributed by atoms with Crippen LogP contribution in [0.1, 0.15) is 58.2 Å². The summed E-state index contributed by atoms with van der Waals surface area (Å²) < 4.78 is 51.4. The molecule has 3 rings (SSSR count). The number of carbonyl (C=O) groups is 2. The molecule has 0 saturated carbocycles. The predicted molar refractivity (Wildman–Crippen MR) is 127 cm³/mol. The Morgan fingerprint density at radius 2 is 1.77 bits per heavy atom. The first-order valence-electron chi connectivity index (χ1n) is 10.8. The van der Waals surface area contributed by atoms with Crippen LogP contribution in [-0.2, 0) is 10.9 Å². The Labute approximate surface area is 206 Å². The summed E-state index contributed by atoms with van der Waals surface area (Å²) >= 11 is 5.71. The number of alkyl halides is 3. The molecule has 1 aliphatic heterocycles. The summed E-state index contributed by atoms with van der Waals surface area (Å²) in [6.45, 7) is 8.86. The maximum Gasteiger partial charge on any atom is 0.418 e. The van der Waals surface area contributed by atoms with E-state index in [-0.39, 0.29) is 5.02 Å². The van der Waals surface area contributed by atoms with E-state index in [1.807, 2.05) is 13.8 Å². The van der Waals surface area contributed by atoms with Crippen molar-refractivity contribution in [2.45, 2.75) is 64.5 Å². The van der Waals surface area contributed by atoms with Crippen LogP contribution in [0.15, 0.2) is 36.4 Å². The average molecular weight is 514 g/mol. The van der Waals surface area contributed by atoms with Crippen molar-refractivity contribution in [1.82, 2.24) is 5.32 Å². The van der Waals surface area contributed by atoms with E-state index in [0.29, 0.717) is 23.4 Å². The summed E-state index contributed by atoms with van der Waals surface area (Å²) in [4.78, 5) is 24.9. The molecule has 0 fully saturated rings. The van der Waals surface area contributed by atoms with E-state index < -0.39 is 46.8 Å². The van der Waals surface area contributed by atoms with Crippen molar-refractivity contribution in [3.05, 3.63) is 52.5 Å². The Morgan fingerprint density at radius 1 is 1.09 bits per heavy atom. The summed E-state index contributed by atoms with van der Waals surface area (Å²) in [6.07, 6.45) is -5.03. The number of urea groups is 1. The lowest BCUT2D eigenvalue weighted by atomic mass is 9.89. The molecule has 0 unspecified atom stereocenters. The molecule has 0 saturated heterocycles. The van der Waals surface area contributed by atoms with Gasteiger partial charge in [-0.3, -0.25) is 5.32 Å². The Bertz CT molecular complexity index is 1130. The maximum atomic E-state index is 13.4. The third-order valence-corrected chi connectivity index (χ3v) is 5.19. The zero-order chi connectivity index (χ0) is 26.2. The number of hydrogen-bond acceptors (Lipinski definition) is 4. The van der Waals surface area contributed by atoms with E-state index in [4.69, 9.17) is 21.1 Å². The van der Waals surface area contributed by atoms with Crippen molar-refractivity contribution < 1.29 is 32.2 Å². The summed E-state index contributed by atoms with van der Waals surface area (Å²) in [6, 6.07) is 6.55. The lowest BCUT2D eigenvalue weighted by molar-refractivity contribution is -0.136. The Kier molecular flexibility index (Phi) is 7.17. The highest BCUT2D eigenvalue weighted by atomic mass is 35.5. The topological polar surface area (TPSA) is 88.7 Å². The SMILES string of the molecule is CC(C)(C)OC(=O)Nc1ccc2c(c1)[C@H](NC(=O)Nc1ccc(Cl)cc1C(F)(F)F)CC(C)(C)O2. The van der Waals surface area contributed by atoms with Crippen LogP contribution in [0.2, 0.25) is 5.02 Å². The van der Waals surface area contributed by atoms with Crippen LogP contribution in [0, 0.1) is 0 Å². The molecule has 0 bridgehead atoms. The van der Waals surface area contributed by atoms with Gasteiger partial charge < -0.3 is 20.1 Å². The number of halogens is 4. The van der Waals surface area contributed by atoms with E-state index >= 15 is 0 Å². The smallest absolute Gasteiger partial charge is 0.418 e. The number of nitrogens with one attached hydrogen (secondary N) is 3. The minimum atomic E-state index is -4.71. The average Bonchev–Trinajstić information content (AvgIpc) is 2.67. The van der Waals surface area contributed by atoms with Crippen molar-refractivity contribution in [2.24, 2.45) is 0 Å². The van der Waals surface area contributed by atoms with Gasteiger partial charge in [-0.2, -0.15) is 13.2 Å². The fourth-order valence-corrected chi connectivity index (χ4v) is 3.83. The van der Waals surface area contributed by atoms with Crippen molar-refractivity contribution in [1.29, 1.82) is 0 Å². The highest BCUT2D eigenvalue weighted by Gasteiger charge is 2.37. The zero-order valence-corrected chi connectivity index (χ0v) is 20.6. The van der Waals surface area contributed by atoms with Crippen LogP contribution < -0.4 is 20.7 Å². The Balaban J connectivity index is 1.83. The lowest BCUT2D eigenvalue weighted by Gasteiger charge is -2.38. The van der Waals surface area contributed by atoms with E-state index in [0.717, 1.165) is 12.1 Å². The molecule has 0 aliphatic carbocycles. The van der Waals surface area contributed by atoms with Gasteiger partial charge in [0.2, 0.25) is 0 Å². The molecule has 2 aromatic carbocycles. The largest absolute Gasteiger partial charge is 0.487 e. The van der Waals surface area contributed by atoms with E-state index in [1.54, 1.807) is 39.0 Å². The normalized spacial score (nSPS) is 17.0. The number of fused-ring (bicyclic) bond motifs is 1. The zero-order valence-electron chi connectivity index (χ0n) is 19.9. The maximum absolute atomic E-state index is 13.4. The molecule has 35 heavy (non-hydrogen) atoms. The molecule has 0 aromatic heterocycles. The molecule has 7 nitrogen and oxygen atoms in total. The molecule has 2 aromatic rings. The van der Waals surface area contributed by atoms with Gasteiger partial charge in [-0.15, -0.1) is 0 Å². The van der Waals surface area contributed by atoms with Crippen molar-refractivity contribution in [2.75, 3.05) is 10.6 Å². The third kappa shape index (κ3) is 7.17. The van der Waals surface area contributed by atoms with Gasteiger partial charge in [0.1, 0.15) is 17.0 Å². The van der Waals surface area contributed by atoms with E-state index in [9.17, 15) is 22.8 Å². The molecular weight excluding hydrogens is 487 g/mol. The monoisotopic (exact) mass is 513 g/mol. The van der Waals surface area contributed by atoms with Gasteiger partial charge in [-0.1, -0.05) is 11.6 Å². The minimum Gasteiger partial charge on any atom is -0.487 e. The van der Waals surface area contributed by atoms with Gasteiger partial charge in [0, 0.05) is 22.7 Å². The summed E-state index contributed by atoms with van der Waals surface area (Å²) in [5.41, 5.74) is -1.87. The Morgan fingerprint density at radius 3 is 2.40 bits per heavy atom. The van der Waals surface area contributed by atoms with Gasteiger partial charge in [-0.05, 0) is 71.0 Å². The summed E-state index contributed by atoms with van der Waals surface area (Å²) in [7, 11) is 0. The highest BCUT2D eigenvalue weighted by Crippen LogP contribution is 2.41. The van der Waals surface area contributed by atoms with Crippen LogP contribution in [0.5, 0.6) is 5.75 Å². The summed E-state index contributed by atoms with van der Waals surface area (Å²) in [5.74, 6) is 0.476. The van der Waals surface area contributed by atoms with Gasteiger partial charge in [0.25, 0.3) is 0 Å². The molecule has 1 heterocycles. The van der Waals surface area contributed by atoms with Gasteiger partial charge in [-0.25, -0.2) is 9.59 Å². The van der Waals surface area contributed by atoms with Gasteiger partial charge >= 0.3 is 18.3 Å². The first kappa shape index (κ1) is 26.5. The van der Waals surface area contributed by atoms with Crippen molar-refractivity contribution in [3.63, 3.8) is 0 Å². The summed E-state index contributed by atoms with van der Waals surface area (Å²) in [5, 5.41) is 7.51. The number of anilines is 2. The number of ether oxygens (including phenoxy) is 2. The molecular formula is C24H27ClF3N3O4. The first-order chi connectivity index (χ1) is 16.0. The number of carbonyl (C=O) groups excluding carboxylic acids is 2. The third-order valence-electron chi connectivity index (χ3n) is 4.95. The fraction of sp³-hybridized carbons (Fsp3) is 0.417. The van der Waals surface area contributed by atoms with Crippen molar-refractivity contribution >= 4 is 35.1 Å². The first-order valence-corrected chi connectivity index (χ1v) is 11.2. The number of amides is 3. The van der Waals surface area contributed by atoms with E-state index in [1.165, 1.54) is 6.07 Å². The second-order valence-electron chi connectivity index (χ2n) is 9.78. The Hall–Kier alpha value is -3.14. The van der Waals surface area contributed by atoms with Gasteiger partial charge in [0.15, 0.2) is 0 Å². The minimum absolute atomic E-state index is 0.103.